The summed E-state index contributed by atoms with van der Waals surface area (Å²) in [6, 6.07) is 9.00. The number of hydrogen-bond acceptors (Lipinski definition) is 4. The van der Waals surface area contributed by atoms with Crippen molar-refractivity contribution in [1.82, 2.24) is 10.2 Å². The van der Waals surface area contributed by atoms with Crippen molar-refractivity contribution in [3.05, 3.63) is 24.3 Å². The number of nitrogens with one attached hydrogen (secondary N) is 1. The normalized spacial score (nSPS) is 31.2. The van der Waals surface area contributed by atoms with Gasteiger partial charge in [-0.3, -0.25) is 4.90 Å². The van der Waals surface area contributed by atoms with E-state index in [0.717, 1.165) is 31.1 Å². The third kappa shape index (κ3) is 2.85. The Balaban J connectivity index is 1.62. The van der Waals surface area contributed by atoms with E-state index in [1.54, 1.807) is 0 Å². The summed E-state index contributed by atoms with van der Waals surface area (Å²) in [5.74, 6) is 1.73. The first-order valence-corrected chi connectivity index (χ1v) is 7.08. The molecule has 3 rings (SSSR count). The molecule has 104 valence electrons. The van der Waals surface area contributed by atoms with E-state index in [2.05, 4.69) is 24.1 Å². The SMILES string of the molecule is C[C@@H]1CN(C[C@@H]2COc3ccccc3O2)[C@H](C)CN1. The van der Waals surface area contributed by atoms with Crippen LogP contribution >= 0.6 is 0 Å². The van der Waals surface area contributed by atoms with Gasteiger partial charge in [-0.15, -0.1) is 0 Å². The van der Waals surface area contributed by atoms with Gasteiger partial charge in [0.15, 0.2) is 11.5 Å². The highest BCUT2D eigenvalue weighted by Crippen LogP contribution is 2.31. The summed E-state index contributed by atoms with van der Waals surface area (Å²) in [6.45, 7) is 8.18. The molecule has 0 unspecified atom stereocenters. The van der Waals surface area contributed by atoms with E-state index >= 15 is 0 Å². The highest BCUT2D eigenvalue weighted by Gasteiger charge is 2.28. The van der Waals surface area contributed by atoms with Crippen LogP contribution in [-0.4, -0.2) is 49.3 Å². The van der Waals surface area contributed by atoms with Gasteiger partial charge in [0, 0.05) is 31.7 Å². The molecule has 0 aliphatic carbocycles. The molecule has 1 aromatic rings. The van der Waals surface area contributed by atoms with Crippen molar-refractivity contribution < 1.29 is 9.47 Å². The van der Waals surface area contributed by atoms with Crippen LogP contribution in [0.25, 0.3) is 0 Å². The van der Waals surface area contributed by atoms with E-state index in [1.165, 1.54) is 0 Å². The largest absolute Gasteiger partial charge is 0.486 e. The molecule has 4 heteroatoms. The first kappa shape index (κ1) is 12.8. The molecule has 0 aromatic heterocycles. The summed E-state index contributed by atoms with van der Waals surface area (Å²) in [6.07, 6.45) is 0.127. The number of nitrogens with zero attached hydrogens (tertiary/aromatic N) is 1. The van der Waals surface area contributed by atoms with Gasteiger partial charge in [-0.2, -0.15) is 0 Å². The molecule has 0 spiro atoms. The molecule has 0 radical (unpaired) electrons. The first-order chi connectivity index (χ1) is 9.22. The van der Waals surface area contributed by atoms with Crippen LogP contribution in [0, 0.1) is 0 Å². The number of rotatable bonds is 2. The van der Waals surface area contributed by atoms with Crippen LogP contribution in [0.1, 0.15) is 13.8 Å². The van der Waals surface area contributed by atoms with E-state index in [9.17, 15) is 0 Å². The number of ether oxygens (including phenoxy) is 2. The lowest BCUT2D eigenvalue weighted by molar-refractivity contribution is 0.0352. The molecule has 3 atom stereocenters. The second kappa shape index (κ2) is 5.39. The van der Waals surface area contributed by atoms with Crippen molar-refractivity contribution in [3.63, 3.8) is 0 Å². The third-order valence-corrected chi connectivity index (χ3v) is 3.90. The standard InChI is InChI=1S/C15H22N2O2/c1-11-8-17(12(2)7-16-11)9-13-10-18-14-5-3-4-6-15(14)19-13/h3-6,11-13,16H,7-10H2,1-2H3/t11-,12-,13-/m1/s1. The Kier molecular flexibility index (Phi) is 3.62. The Morgan fingerprint density at radius 2 is 2.05 bits per heavy atom. The summed E-state index contributed by atoms with van der Waals surface area (Å²) >= 11 is 0. The number of piperazine rings is 1. The molecule has 1 N–H and O–H groups in total. The highest BCUT2D eigenvalue weighted by atomic mass is 16.6. The van der Waals surface area contributed by atoms with Gasteiger partial charge in [-0.05, 0) is 26.0 Å². The van der Waals surface area contributed by atoms with Crippen LogP contribution in [0.15, 0.2) is 24.3 Å². The molecule has 1 fully saturated rings. The molecule has 1 saturated heterocycles. The molecule has 0 saturated carbocycles. The minimum absolute atomic E-state index is 0.127. The van der Waals surface area contributed by atoms with Crippen molar-refractivity contribution in [1.29, 1.82) is 0 Å². The lowest BCUT2D eigenvalue weighted by Gasteiger charge is -2.40. The molecule has 2 aliphatic rings. The monoisotopic (exact) mass is 262 g/mol. The van der Waals surface area contributed by atoms with Gasteiger partial charge in [0.1, 0.15) is 12.7 Å². The number of benzene rings is 1. The van der Waals surface area contributed by atoms with Crippen LogP contribution < -0.4 is 14.8 Å². The fourth-order valence-corrected chi connectivity index (χ4v) is 2.77. The van der Waals surface area contributed by atoms with Crippen molar-refractivity contribution in [2.45, 2.75) is 32.0 Å². The number of fused-ring (bicyclic) bond motifs is 1. The topological polar surface area (TPSA) is 33.7 Å². The maximum Gasteiger partial charge on any atom is 0.161 e. The molecule has 19 heavy (non-hydrogen) atoms. The molecule has 0 bridgehead atoms. The zero-order valence-electron chi connectivity index (χ0n) is 11.6. The smallest absolute Gasteiger partial charge is 0.161 e. The fraction of sp³-hybridized carbons (Fsp3) is 0.600. The van der Waals surface area contributed by atoms with Crippen molar-refractivity contribution >= 4 is 0 Å². The summed E-state index contributed by atoms with van der Waals surface area (Å²) in [7, 11) is 0. The minimum Gasteiger partial charge on any atom is -0.486 e. The van der Waals surface area contributed by atoms with Crippen LogP contribution in [0.5, 0.6) is 11.5 Å². The van der Waals surface area contributed by atoms with E-state index in [1.807, 2.05) is 24.3 Å². The zero-order valence-corrected chi connectivity index (χ0v) is 11.6. The summed E-state index contributed by atoms with van der Waals surface area (Å²) in [5, 5.41) is 3.50. The molecular weight excluding hydrogens is 240 g/mol. The Morgan fingerprint density at radius 1 is 1.26 bits per heavy atom. The van der Waals surface area contributed by atoms with Crippen LogP contribution in [0.2, 0.25) is 0 Å². The highest BCUT2D eigenvalue weighted by molar-refractivity contribution is 5.40. The third-order valence-electron chi connectivity index (χ3n) is 3.90. The lowest BCUT2D eigenvalue weighted by atomic mass is 10.1. The summed E-state index contributed by atoms with van der Waals surface area (Å²) in [4.78, 5) is 2.49. The second-order valence-electron chi connectivity index (χ2n) is 5.61. The summed E-state index contributed by atoms with van der Waals surface area (Å²) < 4.78 is 11.8. The predicted octanol–water partition coefficient (Wildman–Crippen LogP) is 1.51. The summed E-state index contributed by atoms with van der Waals surface area (Å²) in [5.41, 5.74) is 0. The molecular formula is C15H22N2O2. The van der Waals surface area contributed by atoms with Gasteiger partial charge >= 0.3 is 0 Å². The van der Waals surface area contributed by atoms with E-state index in [-0.39, 0.29) is 6.10 Å². The quantitative estimate of drug-likeness (QED) is 0.876. The second-order valence-corrected chi connectivity index (χ2v) is 5.61. The van der Waals surface area contributed by atoms with Crippen LogP contribution in [-0.2, 0) is 0 Å². The Bertz CT molecular complexity index is 438. The van der Waals surface area contributed by atoms with Gasteiger partial charge in [-0.25, -0.2) is 0 Å². The van der Waals surface area contributed by atoms with E-state index < -0.39 is 0 Å². The van der Waals surface area contributed by atoms with Crippen molar-refractivity contribution in [3.8, 4) is 11.5 Å². The van der Waals surface area contributed by atoms with E-state index in [0.29, 0.717) is 18.7 Å². The maximum absolute atomic E-state index is 6.03. The lowest BCUT2D eigenvalue weighted by Crippen LogP contribution is -2.57. The minimum atomic E-state index is 0.127. The van der Waals surface area contributed by atoms with Gasteiger partial charge < -0.3 is 14.8 Å². The molecule has 1 aromatic carbocycles. The Hall–Kier alpha value is -1.26. The number of hydrogen-bond donors (Lipinski definition) is 1. The first-order valence-electron chi connectivity index (χ1n) is 7.08. The Labute approximate surface area is 114 Å². The fourth-order valence-electron chi connectivity index (χ4n) is 2.77. The average Bonchev–Trinajstić information content (AvgIpc) is 2.43. The predicted molar refractivity (Wildman–Crippen MR) is 74.9 cm³/mol. The zero-order chi connectivity index (χ0) is 13.2. The molecule has 2 heterocycles. The van der Waals surface area contributed by atoms with Crippen LogP contribution in [0.3, 0.4) is 0 Å². The number of para-hydroxylation sites is 2. The van der Waals surface area contributed by atoms with Gasteiger partial charge in [0.2, 0.25) is 0 Å². The molecule has 2 aliphatic heterocycles. The molecule has 4 nitrogen and oxygen atoms in total. The Morgan fingerprint density at radius 3 is 2.89 bits per heavy atom. The van der Waals surface area contributed by atoms with Crippen LogP contribution in [0.4, 0.5) is 0 Å². The van der Waals surface area contributed by atoms with Crippen molar-refractivity contribution in [2.75, 3.05) is 26.2 Å². The van der Waals surface area contributed by atoms with Crippen molar-refractivity contribution in [2.24, 2.45) is 0 Å². The van der Waals surface area contributed by atoms with Gasteiger partial charge in [0.25, 0.3) is 0 Å². The van der Waals surface area contributed by atoms with E-state index in [4.69, 9.17) is 9.47 Å². The van der Waals surface area contributed by atoms with Gasteiger partial charge in [0.05, 0.1) is 0 Å². The average molecular weight is 262 g/mol. The maximum atomic E-state index is 6.03. The van der Waals surface area contributed by atoms with Gasteiger partial charge in [-0.1, -0.05) is 12.1 Å². The molecule has 0 amide bonds.